The number of fused-ring (bicyclic) bond motifs is 3. The van der Waals surface area contributed by atoms with Crippen molar-refractivity contribution < 1.29 is 9.53 Å². The van der Waals surface area contributed by atoms with Gasteiger partial charge in [-0.2, -0.15) is 5.11 Å². The van der Waals surface area contributed by atoms with E-state index in [4.69, 9.17) is 4.74 Å². The Kier molecular flexibility index (Phi) is 4.23. The number of Topliss-reactive ketones (excluding diaryl/α,β-unsaturated/α-hetero) is 1. The fraction of sp³-hybridized carbons (Fsp3) is 0.222. The Morgan fingerprint density at radius 2 is 2.00 bits per heavy atom. The maximum absolute atomic E-state index is 12.3. The Morgan fingerprint density at radius 3 is 2.80 bits per heavy atom. The van der Waals surface area contributed by atoms with Crippen LogP contribution in [0.4, 0.5) is 5.69 Å². The Labute approximate surface area is 149 Å². The molecule has 0 spiro atoms. The molecule has 0 fully saturated rings. The monoisotopic (exact) mass is 352 g/mol. The maximum atomic E-state index is 12.3. The van der Waals surface area contributed by atoms with Crippen molar-refractivity contribution in [3.63, 3.8) is 0 Å². The minimum absolute atomic E-state index is 0.0235. The van der Waals surface area contributed by atoms with Crippen LogP contribution in [-0.4, -0.2) is 30.0 Å². The summed E-state index contributed by atoms with van der Waals surface area (Å²) in [5.41, 5.74) is 2.80. The molecule has 126 valence electrons. The molecule has 2 aliphatic rings. The topological polar surface area (TPSA) is 75.4 Å². The number of nitrogens with one attached hydrogen (secondary N) is 1. The number of azo groups is 1. The summed E-state index contributed by atoms with van der Waals surface area (Å²) in [5, 5.41) is 12.4. The van der Waals surface area contributed by atoms with Crippen molar-refractivity contribution in [2.45, 2.75) is 12.2 Å². The predicted octanol–water partition coefficient (Wildman–Crippen LogP) is 3.93. The zero-order chi connectivity index (χ0) is 17.2. The van der Waals surface area contributed by atoms with E-state index in [0.29, 0.717) is 10.7 Å². The molecule has 0 saturated heterocycles. The second-order valence-corrected chi connectivity index (χ2v) is 6.63. The third-order valence-corrected chi connectivity index (χ3v) is 5.00. The van der Waals surface area contributed by atoms with Gasteiger partial charge in [0.25, 0.3) is 0 Å². The number of methoxy groups -OCH3 is 1. The summed E-state index contributed by atoms with van der Waals surface area (Å²) in [6.07, 6.45) is -0.145. The van der Waals surface area contributed by atoms with Gasteiger partial charge in [-0.1, -0.05) is 30.0 Å². The van der Waals surface area contributed by atoms with Gasteiger partial charge in [-0.05, 0) is 30.3 Å². The van der Waals surface area contributed by atoms with Gasteiger partial charge in [0, 0.05) is 16.8 Å². The lowest BCUT2D eigenvalue weighted by atomic mass is 10.1. The molecule has 0 saturated carbocycles. The fourth-order valence-electron chi connectivity index (χ4n) is 2.84. The van der Waals surface area contributed by atoms with Gasteiger partial charge in [-0.25, -0.2) is 4.99 Å². The first-order valence-electron chi connectivity index (χ1n) is 7.89. The number of rotatable bonds is 4. The van der Waals surface area contributed by atoms with Gasteiger partial charge in [0.05, 0.1) is 12.9 Å². The normalized spacial score (nSPS) is 20.3. The molecule has 1 N–H and O–H groups in total. The largest absolute Gasteiger partial charge is 0.497 e. The van der Waals surface area contributed by atoms with Crippen LogP contribution in [-0.2, 0) is 0 Å². The van der Waals surface area contributed by atoms with Gasteiger partial charge >= 0.3 is 0 Å². The van der Waals surface area contributed by atoms with Crippen LogP contribution >= 0.6 is 11.8 Å². The first-order chi connectivity index (χ1) is 12.2. The number of benzene rings is 2. The summed E-state index contributed by atoms with van der Waals surface area (Å²) < 4.78 is 5.10. The summed E-state index contributed by atoms with van der Waals surface area (Å²) >= 11 is 1.31. The molecule has 6 nitrogen and oxygen atoms in total. The highest BCUT2D eigenvalue weighted by Crippen LogP contribution is 2.39. The number of carbonyl (C=O) groups excluding carboxylic acids is 1. The average molecular weight is 352 g/mol. The zero-order valence-electron chi connectivity index (χ0n) is 13.5. The highest BCUT2D eigenvalue weighted by molar-refractivity contribution is 8.14. The molecular formula is C18H16N4O2S. The van der Waals surface area contributed by atoms with Gasteiger partial charge in [0.2, 0.25) is 5.17 Å². The third-order valence-electron chi connectivity index (χ3n) is 4.14. The number of anilines is 1. The number of ketones is 1. The van der Waals surface area contributed by atoms with E-state index in [2.05, 4.69) is 20.5 Å². The summed E-state index contributed by atoms with van der Waals surface area (Å²) in [6, 6.07) is 15.0. The van der Waals surface area contributed by atoms with E-state index >= 15 is 0 Å². The number of para-hydroxylation sites is 1. The average Bonchev–Trinajstić information content (AvgIpc) is 3.04. The van der Waals surface area contributed by atoms with Gasteiger partial charge in [0.15, 0.2) is 11.9 Å². The van der Waals surface area contributed by atoms with Crippen molar-refractivity contribution in [3.8, 4) is 5.75 Å². The quantitative estimate of drug-likeness (QED) is 0.846. The van der Waals surface area contributed by atoms with Gasteiger partial charge in [-0.3, -0.25) is 4.79 Å². The molecule has 2 unspecified atom stereocenters. The van der Waals surface area contributed by atoms with E-state index in [1.165, 1.54) is 11.8 Å². The number of hydrogen-bond donors (Lipinski definition) is 1. The Balaban J connectivity index is 1.40. The second-order valence-electron chi connectivity index (χ2n) is 5.69. The van der Waals surface area contributed by atoms with E-state index in [9.17, 15) is 4.79 Å². The number of amidine groups is 1. The van der Waals surface area contributed by atoms with E-state index in [1.807, 2.05) is 24.3 Å². The molecule has 2 heterocycles. The van der Waals surface area contributed by atoms with E-state index in [-0.39, 0.29) is 23.7 Å². The molecule has 0 bridgehead atoms. The summed E-state index contributed by atoms with van der Waals surface area (Å²) in [5.74, 6) is 1.03. The molecule has 2 aromatic carbocycles. The number of thioether (sulfide) groups is 1. The van der Waals surface area contributed by atoms with Crippen molar-refractivity contribution in [2.24, 2.45) is 15.2 Å². The number of aliphatic imine (C=N–C) groups is 1. The van der Waals surface area contributed by atoms with Crippen LogP contribution in [0.15, 0.2) is 63.8 Å². The molecule has 2 atom stereocenters. The molecule has 0 aromatic heterocycles. The lowest BCUT2D eigenvalue weighted by molar-refractivity contribution is 0.102. The molecule has 2 aromatic rings. The molecule has 0 radical (unpaired) electrons. The highest BCUT2D eigenvalue weighted by atomic mass is 32.2. The van der Waals surface area contributed by atoms with E-state index in [0.717, 1.165) is 17.0 Å². The van der Waals surface area contributed by atoms with Crippen LogP contribution in [0.3, 0.4) is 0 Å². The standard InChI is InChI=1S/C18H16N4O2S/c1-24-12-8-6-11(7-9-12)15(23)10-25-18-20-17-16(21-22-18)13-4-2-3-5-14(13)19-17/h2-9,16-17,19H,10H2,1H3. The third kappa shape index (κ3) is 3.15. The first kappa shape index (κ1) is 15.8. The molecular weight excluding hydrogens is 336 g/mol. The van der Waals surface area contributed by atoms with Gasteiger partial charge < -0.3 is 10.1 Å². The SMILES string of the molecule is COc1ccc(C(=O)CSC2=NC3Nc4ccccc4C3N=N2)cc1. The molecule has 2 aliphatic heterocycles. The number of carbonyl (C=O) groups is 1. The highest BCUT2D eigenvalue weighted by Gasteiger charge is 2.34. The van der Waals surface area contributed by atoms with Crippen LogP contribution in [0.1, 0.15) is 22.0 Å². The van der Waals surface area contributed by atoms with Crippen molar-refractivity contribution in [1.29, 1.82) is 0 Å². The van der Waals surface area contributed by atoms with Gasteiger partial charge in [0.1, 0.15) is 11.8 Å². The van der Waals surface area contributed by atoms with Crippen LogP contribution in [0, 0.1) is 0 Å². The molecule has 0 amide bonds. The maximum Gasteiger partial charge on any atom is 0.206 e. The molecule has 25 heavy (non-hydrogen) atoms. The first-order valence-corrected chi connectivity index (χ1v) is 8.87. The zero-order valence-corrected chi connectivity index (χ0v) is 14.4. The van der Waals surface area contributed by atoms with Gasteiger partial charge in [-0.15, -0.1) is 5.11 Å². The minimum atomic E-state index is -0.145. The fourth-order valence-corrected chi connectivity index (χ4v) is 3.56. The second kappa shape index (κ2) is 6.68. The Hall–Kier alpha value is -2.67. The van der Waals surface area contributed by atoms with Crippen molar-refractivity contribution in [3.05, 3.63) is 59.7 Å². The van der Waals surface area contributed by atoms with Crippen LogP contribution in [0.25, 0.3) is 0 Å². The smallest absolute Gasteiger partial charge is 0.206 e. The number of hydrogen-bond acceptors (Lipinski definition) is 7. The molecule has 4 rings (SSSR count). The van der Waals surface area contributed by atoms with Crippen LogP contribution in [0.2, 0.25) is 0 Å². The lowest BCUT2D eigenvalue weighted by Crippen LogP contribution is -2.21. The van der Waals surface area contributed by atoms with Crippen LogP contribution in [0.5, 0.6) is 5.75 Å². The van der Waals surface area contributed by atoms with Crippen molar-refractivity contribution in [2.75, 3.05) is 18.2 Å². The predicted molar refractivity (Wildman–Crippen MR) is 98.7 cm³/mol. The molecule has 7 heteroatoms. The van der Waals surface area contributed by atoms with Crippen molar-refractivity contribution in [1.82, 2.24) is 0 Å². The summed E-state index contributed by atoms with van der Waals surface area (Å²) in [6.45, 7) is 0. The molecule has 0 aliphatic carbocycles. The van der Waals surface area contributed by atoms with E-state index < -0.39 is 0 Å². The van der Waals surface area contributed by atoms with Crippen LogP contribution < -0.4 is 10.1 Å². The lowest BCUT2D eigenvalue weighted by Gasteiger charge is -2.16. The Morgan fingerprint density at radius 1 is 1.20 bits per heavy atom. The number of ether oxygens (including phenoxy) is 1. The van der Waals surface area contributed by atoms with Crippen molar-refractivity contribution >= 4 is 28.4 Å². The Bertz CT molecular complexity index is 864. The number of nitrogens with zero attached hydrogens (tertiary/aromatic N) is 3. The van der Waals surface area contributed by atoms with E-state index in [1.54, 1.807) is 31.4 Å². The minimum Gasteiger partial charge on any atom is -0.497 e. The summed E-state index contributed by atoms with van der Waals surface area (Å²) in [7, 11) is 1.60. The summed E-state index contributed by atoms with van der Waals surface area (Å²) in [4.78, 5) is 16.9.